The van der Waals surface area contributed by atoms with E-state index in [9.17, 15) is 9.18 Å². The fourth-order valence-corrected chi connectivity index (χ4v) is 3.65. The number of aromatic nitrogens is 2. The number of hydrogen-bond acceptors (Lipinski definition) is 6. The molecule has 2 N–H and O–H groups in total. The number of carbonyl (C=O) groups excluding carboxylic acids is 1. The summed E-state index contributed by atoms with van der Waals surface area (Å²) in [6.07, 6.45) is 1.02. The number of nitrogens with one attached hydrogen (secondary N) is 2. The SMILES string of the molecule is CCCNc1nnc(SC(C)C(=O)NCc2ccc(F)cc2)s1. The van der Waals surface area contributed by atoms with Crippen molar-refractivity contribution in [3.05, 3.63) is 35.6 Å². The maximum Gasteiger partial charge on any atom is 0.233 e. The van der Waals surface area contributed by atoms with Crippen LogP contribution >= 0.6 is 23.1 Å². The quantitative estimate of drug-likeness (QED) is 0.712. The lowest BCUT2D eigenvalue weighted by molar-refractivity contribution is -0.120. The fraction of sp³-hybridized carbons (Fsp3) is 0.400. The first-order valence-corrected chi connectivity index (χ1v) is 9.04. The molecule has 23 heavy (non-hydrogen) atoms. The Hall–Kier alpha value is -1.67. The van der Waals surface area contributed by atoms with Gasteiger partial charge in [0, 0.05) is 13.1 Å². The number of thioether (sulfide) groups is 1. The molecule has 1 aromatic heterocycles. The number of halogens is 1. The standard InChI is InChI=1S/C15H19FN4OS2/c1-3-8-17-14-19-20-15(23-14)22-10(2)13(21)18-9-11-4-6-12(16)7-5-11/h4-7,10H,3,8-9H2,1-2H3,(H,17,19)(H,18,21). The Morgan fingerprint density at radius 1 is 1.35 bits per heavy atom. The van der Waals surface area contributed by atoms with Crippen LogP contribution in [0, 0.1) is 5.82 Å². The summed E-state index contributed by atoms with van der Waals surface area (Å²) in [5.74, 6) is -0.370. The Labute approximate surface area is 143 Å². The minimum absolute atomic E-state index is 0.0856. The molecule has 1 aromatic carbocycles. The Morgan fingerprint density at radius 3 is 2.78 bits per heavy atom. The van der Waals surface area contributed by atoms with Gasteiger partial charge in [0.2, 0.25) is 11.0 Å². The van der Waals surface area contributed by atoms with Gasteiger partial charge < -0.3 is 10.6 Å². The maximum atomic E-state index is 12.8. The van der Waals surface area contributed by atoms with Gasteiger partial charge in [-0.25, -0.2) is 4.39 Å². The molecule has 0 saturated heterocycles. The Balaban J connectivity index is 1.80. The third-order valence-electron chi connectivity index (χ3n) is 2.96. The molecule has 0 aliphatic heterocycles. The number of rotatable bonds is 8. The highest BCUT2D eigenvalue weighted by Gasteiger charge is 2.16. The molecule has 2 rings (SSSR count). The molecule has 1 amide bonds. The van der Waals surface area contributed by atoms with E-state index >= 15 is 0 Å². The highest BCUT2D eigenvalue weighted by Crippen LogP contribution is 2.28. The zero-order chi connectivity index (χ0) is 16.7. The summed E-state index contributed by atoms with van der Waals surface area (Å²) in [6.45, 7) is 5.14. The summed E-state index contributed by atoms with van der Waals surface area (Å²) in [6, 6.07) is 6.07. The number of benzene rings is 1. The lowest BCUT2D eigenvalue weighted by Gasteiger charge is -2.10. The molecular formula is C15H19FN4OS2. The number of anilines is 1. The van der Waals surface area contributed by atoms with Crippen LogP contribution in [0.1, 0.15) is 25.8 Å². The van der Waals surface area contributed by atoms with E-state index < -0.39 is 0 Å². The van der Waals surface area contributed by atoms with Gasteiger partial charge in [0.25, 0.3) is 0 Å². The van der Waals surface area contributed by atoms with Crippen LogP contribution < -0.4 is 10.6 Å². The molecule has 0 spiro atoms. The first-order valence-electron chi connectivity index (χ1n) is 7.34. The number of carbonyl (C=O) groups is 1. The van der Waals surface area contributed by atoms with Crippen molar-refractivity contribution < 1.29 is 9.18 Å². The largest absolute Gasteiger partial charge is 0.360 e. The van der Waals surface area contributed by atoms with Crippen LogP contribution in [0.5, 0.6) is 0 Å². The third-order valence-corrected chi connectivity index (χ3v) is 5.02. The molecule has 0 aliphatic rings. The van der Waals surface area contributed by atoms with Crippen molar-refractivity contribution in [3.8, 4) is 0 Å². The molecule has 1 unspecified atom stereocenters. The van der Waals surface area contributed by atoms with Crippen LogP contribution in [-0.2, 0) is 11.3 Å². The summed E-state index contributed by atoms with van der Waals surface area (Å²) in [5.41, 5.74) is 0.860. The van der Waals surface area contributed by atoms with Crippen LogP contribution in [0.25, 0.3) is 0 Å². The van der Waals surface area contributed by atoms with Gasteiger partial charge >= 0.3 is 0 Å². The maximum absolute atomic E-state index is 12.8. The highest BCUT2D eigenvalue weighted by molar-refractivity contribution is 8.02. The molecule has 2 aromatic rings. The van der Waals surface area contributed by atoms with Gasteiger partial charge in [-0.1, -0.05) is 42.2 Å². The van der Waals surface area contributed by atoms with Gasteiger partial charge in [0.1, 0.15) is 5.82 Å². The Morgan fingerprint density at radius 2 is 2.09 bits per heavy atom. The van der Waals surface area contributed by atoms with Crippen LogP contribution in [0.15, 0.2) is 28.6 Å². The topological polar surface area (TPSA) is 66.9 Å². The smallest absolute Gasteiger partial charge is 0.233 e. The van der Waals surface area contributed by atoms with Crippen molar-refractivity contribution in [1.82, 2.24) is 15.5 Å². The number of hydrogen-bond donors (Lipinski definition) is 2. The zero-order valence-electron chi connectivity index (χ0n) is 13.0. The van der Waals surface area contributed by atoms with E-state index in [1.807, 2.05) is 6.92 Å². The monoisotopic (exact) mass is 354 g/mol. The van der Waals surface area contributed by atoms with E-state index in [0.29, 0.717) is 6.54 Å². The van der Waals surface area contributed by atoms with Crippen LogP contribution in [0.2, 0.25) is 0 Å². The molecule has 5 nitrogen and oxygen atoms in total. The predicted molar refractivity (Wildman–Crippen MR) is 92.3 cm³/mol. The van der Waals surface area contributed by atoms with E-state index in [4.69, 9.17) is 0 Å². The van der Waals surface area contributed by atoms with Crippen molar-refractivity contribution in [2.75, 3.05) is 11.9 Å². The summed E-state index contributed by atoms with van der Waals surface area (Å²) in [7, 11) is 0. The minimum Gasteiger partial charge on any atom is -0.360 e. The first kappa shape index (κ1) is 17.7. The van der Waals surface area contributed by atoms with Crippen LogP contribution in [0.4, 0.5) is 9.52 Å². The first-order chi connectivity index (χ1) is 11.1. The lowest BCUT2D eigenvalue weighted by atomic mass is 10.2. The van der Waals surface area contributed by atoms with Gasteiger partial charge in [-0.05, 0) is 31.0 Å². The van der Waals surface area contributed by atoms with Gasteiger partial charge in [-0.3, -0.25) is 4.79 Å². The fourth-order valence-electron chi connectivity index (χ4n) is 1.70. The molecule has 124 valence electrons. The third kappa shape index (κ3) is 5.80. The van der Waals surface area contributed by atoms with Crippen molar-refractivity contribution in [1.29, 1.82) is 0 Å². The van der Waals surface area contributed by atoms with Gasteiger partial charge in [0.05, 0.1) is 5.25 Å². The summed E-state index contributed by atoms with van der Waals surface area (Å²) in [5, 5.41) is 14.6. The van der Waals surface area contributed by atoms with E-state index in [1.54, 1.807) is 12.1 Å². The van der Waals surface area contributed by atoms with Crippen LogP contribution in [0.3, 0.4) is 0 Å². The lowest BCUT2D eigenvalue weighted by Crippen LogP contribution is -2.30. The van der Waals surface area contributed by atoms with E-state index in [0.717, 1.165) is 28.0 Å². The number of amides is 1. The highest BCUT2D eigenvalue weighted by atomic mass is 32.2. The molecule has 1 heterocycles. The van der Waals surface area contributed by atoms with Crippen molar-refractivity contribution in [2.45, 2.75) is 36.4 Å². The normalized spacial score (nSPS) is 12.0. The van der Waals surface area contributed by atoms with Gasteiger partial charge in [-0.15, -0.1) is 10.2 Å². The Bertz CT molecular complexity index is 633. The predicted octanol–water partition coefficient (Wildman–Crippen LogP) is 3.30. The Kier molecular flexibility index (Phi) is 6.79. The van der Waals surface area contributed by atoms with E-state index in [2.05, 4.69) is 27.8 Å². The molecule has 0 fully saturated rings. The van der Waals surface area contributed by atoms with Crippen molar-refractivity contribution in [2.24, 2.45) is 0 Å². The molecule has 0 aliphatic carbocycles. The average Bonchev–Trinajstić information content (AvgIpc) is 2.99. The van der Waals surface area contributed by atoms with E-state index in [1.165, 1.54) is 35.2 Å². The zero-order valence-corrected chi connectivity index (χ0v) is 14.6. The summed E-state index contributed by atoms with van der Waals surface area (Å²) in [4.78, 5) is 12.1. The van der Waals surface area contributed by atoms with Crippen LogP contribution in [-0.4, -0.2) is 27.9 Å². The average molecular weight is 354 g/mol. The molecule has 1 atom stereocenters. The van der Waals surface area contributed by atoms with Gasteiger partial charge in [-0.2, -0.15) is 0 Å². The molecule has 0 saturated carbocycles. The van der Waals surface area contributed by atoms with E-state index in [-0.39, 0.29) is 17.0 Å². The summed E-state index contributed by atoms with van der Waals surface area (Å²) < 4.78 is 13.6. The molecular weight excluding hydrogens is 335 g/mol. The molecule has 8 heteroatoms. The molecule has 0 bridgehead atoms. The number of nitrogens with zero attached hydrogens (tertiary/aromatic N) is 2. The van der Waals surface area contributed by atoms with Crippen molar-refractivity contribution >= 4 is 34.1 Å². The second kappa shape index (κ2) is 8.83. The van der Waals surface area contributed by atoms with Crippen molar-refractivity contribution in [3.63, 3.8) is 0 Å². The summed E-state index contributed by atoms with van der Waals surface area (Å²) >= 11 is 2.82. The second-order valence-corrected chi connectivity index (χ2v) is 7.47. The second-order valence-electron chi connectivity index (χ2n) is 4.90. The minimum atomic E-state index is -0.284. The van der Waals surface area contributed by atoms with Gasteiger partial charge in [0.15, 0.2) is 4.34 Å². The molecule has 0 radical (unpaired) electrons.